The highest BCUT2D eigenvalue weighted by Gasteiger charge is 2.16. The summed E-state index contributed by atoms with van der Waals surface area (Å²) in [5, 5.41) is 0. The number of carbonyl (C=O) groups is 2. The molecule has 0 heterocycles. The van der Waals surface area contributed by atoms with Gasteiger partial charge in [-0.1, -0.05) is 29.8 Å². The van der Waals surface area contributed by atoms with Crippen molar-refractivity contribution in [2.45, 2.75) is 20.0 Å². The number of hydrogen-bond acceptors (Lipinski definition) is 3. The van der Waals surface area contributed by atoms with E-state index in [1.807, 2.05) is 31.2 Å². The first kappa shape index (κ1) is 17.3. The van der Waals surface area contributed by atoms with Crippen LogP contribution in [0.1, 0.15) is 22.8 Å². The second kappa shape index (κ2) is 7.96. The Morgan fingerprint density at radius 3 is 2.35 bits per heavy atom. The standard InChI is InChI=1S/C17H17IN2O3/c1-11-7-9-13(10-8-11)23-12(2)16(21)19-20-17(22)14-5-3-4-6-15(14)18/h3-10,12H,1-2H3,(H,19,21)(H,20,22)/t12-/m0/s1. The summed E-state index contributed by atoms with van der Waals surface area (Å²) in [6.45, 7) is 3.59. The van der Waals surface area contributed by atoms with Crippen LogP contribution in [0.25, 0.3) is 0 Å². The van der Waals surface area contributed by atoms with Crippen LogP contribution in [0.15, 0.2) is 48.5 Å². The van der Waals surface area contributed by atoms with Gasteiger partial charge in [-0.15, -0.1) is 0 Å². The van der Waals surface area contributed by atoms with Crippen molar-refractivity contribution in [3.8, 4) is 5.75 Å². The molecule has 0 fully saturated rings. The zero-order chi connectivity index (χ0) is 16.8. The predicted molar refractivity (Wildman–Crippen MR) is 96.0 cm³/mol. The van der Waals surface area contributed by atoms with E-state index in [0.717, 1.165) is 9.13 Å². The van der Waals surface area contributed by atoms with E-state index in [4.69, 9.17) is 4.74 Å². The third-order valence-electron chi connectivity index (χ3n) is 3.12. The van der Waals surface area contributed by atoms with E-state index in [2.05, 4.69) is 33.4 Å². The summed E-state index contributed by atoms with van der Waals surface area (Å²) in [6, 6.07) is 14.5. The number of benzene rings is 2. The highest BCUT2D eigenvalue weighted by Crippen LogP contribution is 2.13. The van der Waals surface area contributed by atoms with Crippen molar-refractivity contribution in [3.63, 3.8) is 0 Å². The molecule has 0 unspecified atom stereocenters. The number of aryl methyl sites for hydroxylation is 1. The van der Waals surface area contributed by atoms with Gasteiger partial charge in [0.1, 0.15) is 5.75 Å². The summed E-state index contributed by atoms with van der Waals surface area (Å²) < 4.78 is 6.33. The molecule has 0 radical (unpaired) electrons. The topological polar surface area (TPSA) is 67.4 Å². The number of hydrogen-bond donors (Lipinski definition) is 2. The molecule has 0 saturated carbocycles. The number of carbonyl (C=O) groups excluding carboxylic acids is 2. The lowest BCUT2D eigenvalue weighted by atomic mass is 10.2. The predicted octanol–water partition coefficient (Wildman–Crippen LogP) is 2.83. The molecule has 0 aliphatic heterocycles. The fraction of sp³-hybridized carbons (Fsp3) is 0.176. The summed E-state index contributed by atoms with van der Waals surface area (Å²) >= 11 is 2.07. The number of hydrazine groups is 1. The Morgan fingerprint density at radius 2 is 1.70 bits per heavy atom. The number of amides is 2. The van der Waals surface area contributed by atoms with Gasteiger partial charge in [0.05, 0.1) is 5.56 Å². The average Bonchev–Trinajstić information content (AvgIpc) is 2.54. The Kier molecular flexibility index (Phi) is 5.97. The lowest BCUT2D eigenvalue weighted by Crippen LogP contribution is -2.47. The fourth-order valence-corrected chi connectivity index (χ4v) is 2.44. The monoisotopic (exact) mass is 424 g/mol. The highest BCUT2D eigenvalue weighted by atomic mass is 127. The van der Waals surface area contributed by atoms with Gasteiger partial charge in [-0.3, -0.25) is 20.4 Å². The van der Waals surface area contributed by atoms with Crippen LogP contribution in [-0.2, 0) is 4.79 Å². The maximum absolute atomic E-state index is 12.0. The van der Waals surface area contributed by atoms with E-state index in [9.17, 15) is 9.59 Å². The Hall–Kier alpha value is -2.09. The van der Waals surface area contributed by atoms with Gasteiger partial charge in [0.15, 0.2) is 6.10 Å². The smallest absolute Gasteiger partial charge is 0.279 e. The van der Waals surface area contributed by atoms with Crippen LogP contribution < -0.4 is 15.6 Å². The minimum absolute atomic E-state index is 0.370. The van der Waals surface area contributed by atoms with E-state index in [-0.39, 0.29) is 5.91 Å². The maximum Gasteiger partial charge on any atom is 0.279 e. The van der Waals surface area contributed by atoms with Crippen molar-refractivity contribution in [1.82, 2.24) is 10.9 Å². The molecule has 2 aromatic rings. The van der Waals surface area contributed by atoms with Crippen molar-refractivity contribution in [2.24, 2.45) is 0 Å². The average molecular weight is 424 g/mol. The van der Waals surface area contributed by atoms with E-state index in [1.165, 1.54) is 0 Å². The minimum Gasteiger partial charge on any atom is -0.481 e. The van der Waals surface area contributed by atoms with Crippen molar-refractivity contribution in [2.75, 3.05) is 0 Å². The Bertz CT molecular complexity index is 701. The van der Waals surface area contributed by atoms with Gasteiger partial charge in [-0.2, -0.15) is 0 Å². The Morgan fingerprint density at radius 1 is 1.04 bits per heavy atom. The molecule has 0 aliphatic carbocycles. The molecule has 2 rings (SSSR count). The van der Waals surface area contributed by atoms with Gasteiger partial charge < -0.3 is 4.74 Å². The van der Waals surface area contributed by atoms with E-state index in [0.29, 0.717) is 11.3 Å². The van der Waals surface area contributed by atoms with Crippen LogP contribution in [0.5, 0.6) is 5.75 Å². The van der Waals surface area contributed by atoms with Crippen molar-refractivity contribution < 1.29 is 14.3 Å². The second-order valence-corrected chi connectivity index (χ2v) is 6.16. The zero-order valence-electron chi connectivity index (χ0n) is 12.8. The summed E-state index contributed by atoms with van der Waals surface area (Å²) in [4.78, 5) is 24.0. The first-order valence-electron chi connectivity index (χ1n) is 7.05. The van der Waals surface area contributed by atoms with Gasteiger partial charge in [0.25, 0.3) is 11.8 Å². The lowest BCUT2D eigenvalue weighted by molar-refractivity contribution is -0.128. The Balaban J connectivity index is 1.87. The molecule has 0 bridgehead atoms. The minimum atomic E-state index is -0.729. The normalized spacial score (nSPS) is 11.4. The molecule has 120 valence electrons. The molecule has 0 saturated heterocycles. The molecule has 2 N–H and O–H groups in total. The van der Waals surface area contributed by atoms with Crippen LogP contribution in [0.3, 0.4) is 0 Å². The van der Waals surface area contributed by atoms with E-state index < -0.39 is 12.0 Å². The number of ether oxygens (including phenoxy) is 1. The molecule has 0 aromatic heterocycles. The molecular formula is C17H17IN2O3. The summed E-state index contributed by atoms with van der Waals surface area (Å²) in [5.74, 6) is -0.196. The molecule has 2 amide bonds. The summed E-state index contributed by atoms with van der Waals surface area (Å²) in [6.07, 6.45) is -0.729. The fourth-order valence-electron chi connectivity index (χ4n) is 1.81. The van der Waals surface area contributed by atoms with E-state index >= 15 is 0 Å². The van der Waals surface area contributed by atoms with Gasteiger partial charge in [0.2, 0.25) is 0 Å². The van der Waals surface area contributed by atoms with Gasteiger partial charge in [0, 0.05) is 3.57 Å². The van der Waals surface area contributed by atoms with Crippen molar-refractivity contribution in [3.05, 3.63) is 63.2 Å². The lowest BCUT2D eigenvalue weighted by Gasteiger charge is -2.15. The van der Waals surface area contributed by atoms with Gasteiger partial charge >= 0.3 is 0 Å². The van der Waals surface area contributed by atoms with Crippen LogP contribution in [0.2, 0.25) is 0 Å². The highest BCUT2D eigenvalue weighted by molar-refractivity contribution is 14.1. The van der Waals surface area contributed by atoms with Crippen molar-refractivity contribution >= 4 is 34.4 Å². The van der Waals surface area contributed by atoms with Gasteiger partial charge in [-0.25, -0.2) is 0 Å². The molecule has 0 aliphatic rings. The SMILES string of the molecule is Cc1ccc(O[C@@H](C)C(=O)NNC(=O)c2ccccc2I)cc1. The number of halogens is 1. The Labute approximate surface area is 148 Å². The zero-order valence-corrected chi connectivity index (χ0v) is 15.0. The largest absolute Gasteiger partial charge is 0.481 e. The molecule has 5 nitrogen and oxygen atoms in total. The first-order valence-corrected chi connectivity index (χ1v) is 8.13. The van der Waals surface area contributed by atoms with Crippen LogP contribution >= 0.6 is 22.6 Å². The second-order valence-electron chi connectivity index (χ2n) is 5.00. The molecule has 23 heavy (non-hydrogen) atoms. The van der Waals surface area contributed by atoms with Crippen LogP contribution in [0.4, 0.5) is 0 Å². The molecular weight excluding hydrogens is 407 g/mol. The van der Waals surface area contributed by atoms with Crippen molar-refractivity contribution in [1.29, 1.82) is 0 Å². The third kappa shape index (κ3) is 4.95. The molecule has 2 aromatic carbocycles. The number of rotatable bonds is 4. The van der Waals surface area contributed by atoms with Crippen LogP contribution in [0, 0.1) is 10.5 Å². The quantitative estimate of drug-likeness (QED) is 0.586. The van der Waals surface area contributed by atoms with E-state index in [1.54, 1.807) is 31.2 Å². The molecule has 0 spiro atoms. The maximum atomic E-state index is 12.0. The molecule has 6 heteroatoms. The molecule has 1 atom stereocenters. The summed E-state index contributed by atoms with van der Waals surface area (Å²) in [5.41, 5.74) is 6.38. The van der Waals surface area contributed by atoms with Crippen LogP contribution in [-0.4, -0.2) is 17.9 Å². The third-order valence-corrected chi connectivity index (χ3v) is 4.06. The number of nitrogens with one attached hydrogen (secondary N) is 2. The first-order chi connectivity index (χ1) is 11.0. The summed E-state index contributed by atoms with van der Waals surface area (Å²) in [7, 11) is 0. The van der Waals surface area contributed by atoms with Gasteiger partial charge in [-0.05, 0) is 60.7 Å².